The normalized spacial score (nSPS) is 16.2. The van der Waals surface area contributed by atoms with Crippen LogP contribution in [0.15, 0.2) is 6.07 Å². The zero-order valence-corrected chi connectivity index (χ0v) is 8.54. The Morgan fingerprint density at radius 1 is 1.62 bits per heavy atom. The lowest BCUT2D eigenvalue weighted by Gasteiger charge is -1.96. The van der Waals surface area contributed by atoms with Crippen LogP contribution in [-0.2, 0) is 12.8 Å². The summed E-state index contributed by atoms with van der Waals surface area (Å²) in [6.45, 7) is 2.95. The molecule has 1 N–H and O–H groups in total. The second-order valence-corrected chi connectivity index (χ2v) is 4.48. The molecule has 2 rings (SSSR count). The van der Waals surface area contributed by atoms with Crippen molar-refractivity contribution in [2.24, 2.45) is 0 Å². The molecular formula is C10H13NOS. The smallest absolute Gasteiger partial charge is 0.252 e. The first-order valence-corrected chi connectivity index (χ1v) is 5.52. The van der Waals surface area contributed by atoms with Gasteiger partial charge in [-0.15, -0.1) is 11.3 Å². The molecule has 0 aromatic carbocycles. The van der Waals surface area contributed by atoms with E-state index in [1.165, 1.54) is 9.75 Å². The molecule has 0 bridgehead atoms. The van der Waals surface area contributed by atoms with Gasteiger partial charge in [0.05, 0.1) is 5.56 Å². The first-order chi connectivity index (χ1) is 6.31. The van der Waals surface area contributed by atoms with Crippen molar-refractivity contribution >= 4 is 17.2 Å². The van der Waals surface area contributed by atoms with Crippen molar-refractivity contribution in [1.82, 2.24) is 5.32 Å². The fourth-order valence-corrected chi connectivity index (χ4v) is 2.73. The monoisotopic (exact) mass is 195 g/mol. The fraction of sp³-hybridized carbons (Fsp3) is 0.500. The van der Waals surface area contributed by atoms with E-state index in [0.717, 1.165) is 31.4 Å². The Balaban J connectivity index is 2.39. The SMILES string of the molecule is CCc1cc2c(s1)CCCNC2=O. The Labute approximate surface area is 82.0 Å². The van der Waals surface area contributed by atoms with Gasteiger partial charge in [-0.3, -0.25) is 4.79 Å². The molecule has 0 saturated heterocycles. The molecule has 1 aliphatic heterocycles. The highest BCUT2D eigenvalue weighted by molar-refractivity contribution is 7.12. The average molecular weight is 195 g/mol. The summed E-state index contributed by atoms with van der Waals surface area (Å²) >= 11 is 1.79. The van der Waals surface area contributed by atoms with Crippen molar-refractivity contribution in [2.45, 2.75) is 26.2 Å². The van der Waals surface area contributed by atoms with Gasteiger partial charge < -0.3 is 5.32 Å². The Morgan fingerprint density at radius 3 is 3.23 bits per heavy atom. The predicted molar refractivity (Wildman–Crippen MR) is 54.4 cm³/mol. The third kappa shape index (κ3) is 1.61. The van der Waals surface area contributed by atoms with Crippen LogP contribution in [0.1, 0.15) is 33.5 Å². The molecule has 0 unspecified atom stereocenters. The summed E-state index contributed by atoms with van der Waals surface area (Å²) in [6.07, 6.45) is 3.16. The second kappa shape index (κ2) is 3.50. The summed E-state index contributed by atoms with van der Waals surface area (Å²) in [5, 5.41) is 2.91. The predicted octanol–water partition coefficient (Wildman–Crippen LogP) is 1.99. The topological polar surface area (TPSA) is 29.1 Å². The van der Waals surface area contributed by atoms with Crippen LogP contribution in [0.3, 0.4) is 0 Å². The Bertz CT molecular complexity index is 330. The Kier molecular flexibility index (Phi) is 2.36. The minimum Gasteiger partial charge on any atom is -0.352 e. The lowest BCUT2D eigenvalue weighted by atomic mass is 10.2. The van der Waals surface area contributed by atoms with Gasteiger partial charge in [0.2, 0.25) is 0 Å². The summed E-state index contributed by atoms with van der Waals surface area (Å²) in [7, 11) is 0. The molecule has 0 aliphatic carbocycles. The minimum absolute atomic E-state index is 0.114. The zero-order valence-electron chi connectivity index (χ0n) is 7.72. The quantitative estimate of drug-likeness (QED) is 0.729. The van der Waals surface area contributed by atoms with E-state index in [-0.39, 0.29) is 5.91 Å². The maximum absolute atomic E-state index is 11.5. The number of fused-ring (bicyclic) bond motifs is 1. The van der Waals surface area contributed by atoms with E-state index in [1.54, 1.807) is 11.3 Å². The highest BCUT2D eigenvalue weighted by atomic mass is 32.1. The molecule has 1 aromatic rings. The van der Waals surface area contributed by atoms with Crippen LogP contribution >= 0.6 is 11.3 Å². The van der Waals surface area contributed by atoms with E-state index in [2.05, 4.69) is 12.2 Å². The third-order valence-electron chi connectivity index (χ3n) is 2.32. The summed E-state index contributed by atoms with van der Waals surface area (Å²) in [5.41, 5.74) is 0.916. The number of carbonyl (C=O) groups excluding carboxylic acids is 1. The van der Waals surface area contributed by atoms with Crippen molar-refractivity contribution < 1.29 is 4.79 Å². The van der Waals surface area contributed by atoms with Crippen molar-refractivity contribution in [3.63, 3.8) is 0 Å². The van der Waals surface area contributed by atoms with Gasteiger partial charge in [-0.05, 0) is 25.3 Å². The molecule has 70 valence electrons. The molecule has 1 amide bonds. The van der Waals surface area contributed by atoms with Crippen LogP contribution in [0.25, 0.3) is 0 Å². The summed E-state index contributed by atoms with van der Waals surface area (Å²) < 4.78 is 0. The van der Waals surface area contributed by atoms with E-state index in [9.17, 15) is 4.79 Å². The molecule has 0 spiro atoms. The minimum atomic E-state index is 0.114. The molecule has 1 aliphatic rings. The van der Waals surface area contributed by atoms with Gasteiger partial charge in [0.15, 0.2) is 0 Å². The molecular weight excluding hydrogens is 182 g/mol. The maximum atomic E-state index is 11.5. The maximum Gasteiger partial charge on any atom is 0.252 e. The number of amides is 1. The number of nitrogens with one attached hydrogen (secondary N) is 1. The second-order valence-electron chi connectivity index (χ2n) is 3.26. The van der Waals surface area contributed by atoms with Crippen molar-refractivity contribution in [2.75, 3.05) is 6.54 Å². The number of hydrogen-bond donors (Lipinski definition) is 1. The van der Waals surface area contributed by atoms with Gasteiger partial charge in [-0.1, -0.05) is 6.92 Å². The molecule has 13 heavy (non-hydrogen) atoms. The largest absolute Gasteiger partial charge is 0.352 e. The molecule has 2 heterocycles. The van der Waals surface area contributed by atoms with E-state index in [1.807, 2.05) is 6.07 Å². The van der Waals surface area contributed by atoms with Gasteiger partial charge in [-0.2, -0.15) is 0 Å². The van der Waals surface area contributed by atoms with Crippen molar-refractivity contribution in [3.8, 4) is 0 Å². The van der Waals surface area contributed by atoms with E-state index in [0.29, 0.717) is 0 Å². The standard InChI is InChI=1S/C10H13NOS/c1-2-7-6-8-9(13-7)4-3-5-11-10(8)12/h6H,2-5H2,1H3,(H,11,12). The number of aryl methyl sites for hydroxylation is 2. The Morgan fingerprint density at radius 2 is 2.46 bits per heavy atom. The lowest BCUT2D eigenvalue weighted by molar-refractivity contribution is 0.0956. The number of rotatable bonds is 1. The zero-order chi connectivity index (χ0) is 9.26. The fourth-order valence-electron chi connectivity index (χ4n) is 1.58. The molecule has 3 heteroatoms. The highest BCUT2D eigenvalue weighted by Gasteiger charge is 2.17. The molecule has 1 aromatic heterocycles. The van der Waals surface area contributed by atoms with Crippen LogP contribution in [0, 0.1) is 0 Å². The summed E-state index contributed by atoms with van der Waals surface area (Å²) in [5.74, 6) is 0.114. The van der Waals surface area contributed by atoms with Crippen molar-refractivity contribution in [1.29, 1.82) is 0 Å². The molecule has 0 fully saturated rings. The van der Waals surface area contributed by atoms with E-state index >= 15 is 0 Å². The molecule has 0 atom stereocenters. The first-order valence-electron chi connectivity index (χ1n) is 4.71. The van der Waals surface area contributed by atoms with E-state index < -0.39 is 0 Å². The van der Waals surface area contributed by atoms with Crippen LogP contribution in [0.2, 0.25) is 0 Å². The van der Waals surface area contributed by atoms with Crippen LogP contribution in [0.4, 0.5) is 0 Å². The van der Waals surface area contributed by atoms with Gasteiger partial charge in [0.1, 0.15) is 0 Å². The van der Waals surface area contributed by atoms with Gasteiger partial charge in [0.25, 0.3) is 5.91 Å². The Hall–Kier alpha value is -0.830. The first kappa shape index (κ1) is 8.75. The summed E-state index contributed by atoms with van der Waals surface area (Å²) in [6, 6.07) is 2.04. The van der Waals surface area contributed by atoms with Gasteiger partial charge in [-0.25, -0.2) is 0 Å². The van der Waals surface area contributed by atoms with Gasteiger partial charge in [0, 0.05) is 16.3 Å². The number of hydrogen-bond acceptors (Lipinski definition) is 2. The molecule has 2 nitrogen and oxygen atoms in total. The highest BCUT2D eigenvalue weighted by Crippen LogP contribution is 2.25. The van der Waals surface area contributed by atoms with Gasteiger partial charge >= 0.3 is 0 Å². The average Bonchev–Trinajstić information content (AvgIpc) is 2.48. The van der Waals surface area contributed by atoms with Crippen LogP contribution < -0.4 is 5.32 Å². The summed E-state index contributed by atoms with van der Waals surface area (Å²) in [4.78, 5) is 14.1. The third-order valence-corrected chi connectivity index (χ3v) is 3.66. The number of thiophene rings is 1. The van der Waals surface area contributed by atoms with E-state index in [4.69, 9.17) is 0 Å². The lowest BCUT2D eigenvalue weighted by Crippen LogP contribution is -2.22. The number of carbonyl (C=O) groups is 1. The molecule has 0 saturated carbocycles. The van der Waals surface area contributed by atoms with Crippen LogP contribution in [0.5, 0.6) is 0 Å². The van der Waals surface area contributed by atoms with Crippen molar-refractivity contribution in [3.05, 3.63) is 21.4 Å². The van der Waals surface area contributed by atoms with Crippen LogP contribution in [-0.4, -0.2) is 12.5 Å². The molecule has 0 radical (unpaired) electrons.